The highest BCUT2D eigenvalue weighted by Crippen LogP contribution is 2.29. The molecule has 2 aromatic carbocycles. The maximum Gasteiger partial charge on any atom is 0.227 e. The van der Waals surface area contributed by atoms with Gasteiger partial charge in [0.25, 0.3) is 0 Å². The lowest BCUT2D eigenvalue weighted by Gasteiger charge is -1.96. The Morgan fingerprint density at radius 1 is 1.22 bits per heavy atom. The van der Waals surface area contributed by atoms with E-state index in [4.69, 9.17) is 10.2 Å². The van der Waals surface area contributed by atoms with E-state index >= 15 is 0 Å². The Morgan fingerprint density at radius 3 is 2.83 bits per heavy atom. The van der Waals surface area contributed by atoms with E-state index in [1.165, 1.54) is 0 Å². The Bertz CT molecular complexity index is 734. The molecular formula is C14H11BrN2O. The summed E-state index contributed by atoms with van der Waals surface area (Å²) in [4.78, 5) is 4.49. The lowest BCUT2D eigenvalue weighted by atomic mass is 10.2. The van der Waals surface area contributed by atoms with E-state index in [9.17, 15) is 0 Å². The lowest BCUT2D eigenvalue weighted by molar-refractivity contribution is 0.617. The molecule has 4 heteroatoms. The van der Waals surface area contributed by atoms with Crippen molar-refractivity contribution in [2.45, 2.75) is 6.92 Å². The first-order valence-corrected chi connectivity index (χ1v) is 6.35. The van der Waals surface area contributed by atoms with E-state index in [-0.39, 0.29) is 0 Å². The fraction of sp³-hybridized carbons (Fsp3) is 0.0714. The monoisotopic (exact) mass is 302 g/mol. The Kier molecular flexibility index (Phi) is 2.59. The molecule has 3 aromatic rings. The Hall–Kier alpha value is -1.81. The molecule has 0 aliphatic heterocycles. The van der Waals surface area contributed by atoms with Gasteiger partial charge in [0.1, 0.15) is 5.52 Å². The summed E-state index contributed by atoms with van der Waals surface area (Å²) in [7, 11) is 0. The maximum absolute atomic E-state index is 5.81. The molecule has 0 amide bonds. The van der Waals surface area contributed by atoms with Gasteiger partial charge in [-0.15, -0.1) is 0 Å². The van der Waals surface area contributed by atoms with Crippen LogP contribution in [0.4, 0.5) is 5.69 Å². The first kappa shape index (κ1) is 11.3. The fourth-order valence-corrected chi connectivity index (χ4v) is 2.51. The predicted octanol–water partition coefficient (Wildman–Crippen LogP) is 4.15. The zero-order valence-corrected chi connectivity index (χ0v) is 11.4. The van der Waals surface area contributed by atoms with E-state index in [1.54, 1.807) is 0 Å². The third-order valence-corrected chi connectivity index (χ3v) is 3.23. The molecule has 0 unspecified atom stereocenters. The average Bonchev–Trinajstić information content (AvgIpc) is 2.73. The quantitative estimate of drug-likeness (QED) is 0.687. The average molecular weight is 303 g/mol. The van der Waals surface area contributed by atoms with Gasteiger partial charge in [-0.25, -0.2) is 4.98 Å². The van der Waals surface area contributed by atoms with E-state index in [0.717, 1.165) is 26.7 Å². The van der Waals surface area contributed by atoms with Crippen LogP contribution in [0.15, 0.2) is 45.3 Å². The van der Waals surface area contributed by atoms with E-state index in [0.29, 0.717) is 11.6 Å². The summed E-state index contributed by atoms with van der Waals surface area (Å²) < 4.78 is 6.81. The molecule has 0 atom stereocenters. The number of nitrogens with zero attached hydrogens (tertiary/aromatic N) is 1. The minimum atomic E-state index is 0.596. The van der Waals surface area contributed by atoms with Crippen molar-refractivity contribution in [2.75, 3.05) is 5.73 Å². The molecule has 0 bridgehead atoms. The topological polar surface area (TPSA) is 52.0 Å². The van der Waals surface area contributed by atoms with Crippen LogP contribution in [-0.4, -0.2) is 4.98 Å². The van der Waals surface area contributed by atoms with E-state index in [2.05, 4.69) is 20.9 Å². The van der Waals surface area contributed by atoms with Crippen molar-refractivity contribution in [3.63, 3.8) is 0 Å². The molecule has 0 fully saturated rings. The fourth-order valence-electron chi connectivity index (χ4n) is 1.95. The van der Waals surface area contributed by atoms with E-state index < -0.39 is 0 Å². The zero-order valence-electron chi connectivity index (χ0n) is 9.77. The normalized spacial score (nSPS) is 11.0. The summed E-state index contributed by atoms with van der Waals surface area (Å²) in [5.41, 5.74) is 10.1. The number of aryl methyl sites for hydroxylation is 1. The number of fused-ring (bicyclic) bond motifs is 1. The molecule has 18 heavy (non-hydrogen) atoms. The molecule has 1 heterocycles. The second kappa shape index (κ2) is 4.14. The van der Waals surface area contributed by atoms with Gasteiger partial charge in [0.05, 0.1) is 0 Å². The molecule has 0 saturated carbocycles. The number of hydrogen-bond donors (Lipinski definition) is 1. The second-order valence-corrected chi connectivity index (χ2v) is 5.13. The summed E-state index contributed by atoms with van der Waals surface area (Å²) in [6, 6.07) is 11.5. The molecule has 0 aliphatic rings. The van der Waals surface area contributed by atoms with Gasteiger partial charge in [0.15, 0.2) is 5.58 Å². The summed E-state index contributed by atoms with van der Waals surface area (Å²) in [6.45, 7) is 2.00. The summed E-state index contributed by atoms with van der Waals surface area (Å²) >= 11 is 3.46. The molecule has 3 nitrogen and oxygen atoms in total. The number of benzene rings is 2. The van der Waals surface area contributed by atoms with Gasteiger partial charge in [0, 0.05) is 15.7 Å². The maximum atomic E-state index is 5.81. The van der Waals surface area contributed by atoms with Gasteiger partial charge in [-0.1, -0.05) is 22.0 Å². The summed E-state index contributed by atoms with van der Waals surface area (Å²) in [5, 5.41) is 0. The Labute approximate surface area is 113 Å². The van der Waals surface area contributed by atoms with Crippen LogP contribution in [0.1, 0.15) is 5.56 Å². The molecule has 0 spiro atoms. The van der Waals surface area contributed by atoms with Gasteiger partial charge in [0.2, 0.25) is 5.89 Å². The van der Waals surface area contributed by atoms with Crippen molar-refractivity contribution in [3.05, 3.63) is 46.4 Å². The van der Waals surface area contributed by atoms with Gasteiger partial charge in [-0.3, -0.25) is 0 Å². The van der Waals surface area contributed by atoms with Crippen LogP contribution >= 0.6 is 15.9 Å². The summed E-state index contributed by atoms with van der Waals surface area (Å²) in [5.74, 6) is 0.596. The lowest BCUT2D eigenvalue weighted by Crippen LogP contribution is -1.84. The highest BCUT2D eigenvalue weighted by atomic mass is 79.9. The minimum absolute atomic E-state index is 0.596. The van der Waals surface area contributed by atoms with Gasteiger partial charge in [-0.05, 0) is 42.8 Å². The van der Waals surface area contributed by atoms with E-state index in [1.807, 2.05) is 43.3 Å². The first-order chi connectivity index (χ1) is 8.63. The molecule has 0 radical (unpaired) electrons. The van der Waals surface area contributed by atoms with Gasteiger partial charge < -0.3 is 10.2 Å². The Morgan fingerprint density at radius 2 is 2.06 bits per heavy atom. The molecule has 3 rings (SSSR count). The number of oxazole rings is 1. The largest absolute Gasteiger partial charge is 0.436 e. The smallest absolute Gasteiger partial charge is 0.227 e. The van der Waals surface area contributed by atoms with Crippen LogP contribution in [0.25, 0.3) is 22.6 Å². The second-order valence-electron chi connectivity index (χ2n) is 4.22. The van der Waals surface area contributed by atoms with Gasteiger partial charge in [-0.2, -0.15) is 0 Å². The number of nitrogens with two attached hydrogens (primary N) is 1. The predicted molar refractivity (Wildman–Crippen MR) is 76.3 cm³/mol. The SMILES string of the molecule is Cc1cc(Br)cc2nc(-c3cccc(N)c3)oc12. The standard InChI is InChI=1S/C14H11BrN2O/c1-8-5-10(15)7-12-13(8)18-14(17-12)9-3-2-4-11(16)6-9/h2-7H,16H2,1H3. The van der Waals surface area contributed by atoms with Crippen LogP contribution in [0, 0.1) is 6.92 Å². The third-order valence-electron chi connectivity index (χ3n) is 2.77. The molecule has 2 N–H and O–H groups in total. The highest BCUT2D eigenvalue weighted by Gasteiger charge is 2.10. The number of anilines is 1. The molecule has 90 valence electrons. The summed E-state index contributed by atoms with van der Waals surface area (Å²) in [6.07, 6.45) is 0. The zero-order chi connectivity index (χ0) is 12.7. The third kappa shape index (κ3) is 1.88. The number of nitrogen functional groups attached to an aromatic ring is 1. The van der Waals surface area contributed by atoms with Crippen molar-refractivity contribution < 1.29 is 4.42 Å². The van der Waals surface area contributed by atoms with Crippen LogP contribution < -0.4 is 5.73 Å². The first-order valence-electron chi connectivity index (χ1n) is 5.56. The van der Waals surface area contributed by atoms with Crippen molar-refractivity contribution in [2.24, 2.45) is 0 Å². The van der Waals surface area contributed by atoms with Crippen LogP contribution in [0.5, 0.6) is 0 Å². The van der Waals surface area contributed by atoms with Crippen molar-refractivity contribution >= 4 is 32.7 Å². The van der Waals surface area contributed by atoms with Crippen LogP contribution in [-0.2, 0) is 0 Å². The number of aromatic nitrogens is 1. The van der Waals surface area contributed by atoms with Crippen molar-refractivity contribution in [1.29, 1.82) is 0 Å². The van der Waals surface area contributed by atoms with Crippen LogP contribution in [0.2, 0.25) is 0 Å². The Balaban J connectivity index is 2.22. The van der Waals surface area contributed by atoms with Crippen LogP contribution in [0.3, 0.4) is 0 Å². The highest BCUT2D eigenvalue weighted by molar-refractivity contribution is 9.10. The molecule has 0 aliphatic carbocycles. The molecule has 0 saturated heterocycles. The minimum Gasteiger partial charge on any atom is -0.436 e. The van der Waals surface area contributed by atoms with Gasteiger partial charge >= 0.3 is 0 Å². The number of rotatable bonds is 1. The van der Waals surface area contributed by atoms with Crippen molar-refractivity contribution in [3.8, 4) is 11.5 Å². The number of halogens is 1. The number of hydrogen-bond acceptors (Lipinski definition) is 3. The van der Waals surface area contributed by atoms with Crippen molar-refractivity contribution in [1.82, 2.24) is 4.98 Å². The molecular weight excluding hydrogens is 292 g/mol. The molecule has 1 aromatic heterocycles.